The summed E-state index contributed by atoms with van der Waals surface area (Å²) in [5, 5.41) is 0. The second-order valence-corrected chi connectivity index (χ2v) is 2.65. The molecule has 2 heteroatoms. The van der Waals surface area contributed by atoms with Crippen molar-refractivity contribution in [2.45, 2.75) is 39.4 Å². The van der Waals surface area contributed by atoms with Crippen LogP contribution in [0.2, 0.25) is 0 Å². The van der Waals surface area contributed by atoms with Crippen molar-refractivity contribution < 1.29 is 4.39 Å². The third-order valence-electron chi connectivity index (χ3n) is 1.41. The minimum Gasteiger partial charge on any atom is -0.302 e. The van der Waals surface area contributed by atoms with Crippen LogP contribution < -0.4 is 5.73 Å². The van der Waals surface area contributed by atoms with Crippen molar-refractivity contribution in [1.82, 2.24) is 0 Å². The molecule has 2 atom stereocenters. The molecule has 0 aliphatic rings. The Morgan fingerprint density at radius 1 is 1.56 bits per heavy atom. The molecule has 0 spiro atoms. The van der Waals surface area contributed by atoms with Gasteiger partial charge in [0.15, 0.2) is 0 Å². The van der Waals surface area contributed by atoms with Gasteiger partial charge in [-0.1, -0.05) is 26.7 Å². The molecule has 0 rings (SSSR count). The number of nitrogens with two attached hydrogens (primary N) is 1. The Kier molecular flexibility index (Phi) is 4.68. The fourth-order valence-electron chi connectivity index (χ4n) is 0.995. The van der Waals surface area contributed by atoms with E-state index < -0.39 is 6.30 Å². The molecule has 56 valence electrons. The van der Waals surface area contributed by atoms with E-state index in [2.05, 4.69) is 6.92 Å². The molecular formula is C7H16FN. The van der Waals surface area contributed by atoms with Gasteiger partial charge in [-0.15, -0.1) is 0 Å². The van der Waals surface area contributed by atoms with Gasteiger partial charge >= 0.3 is 0 Å². The summed E-state index contributed by atoms with van der Waals surface area (Å²) in [6.45, 7) is 4.13. The Morgan fingerprint density at radius 3 is 2.44 bits per heavy atom. The number of hydrogen-bond acceptors (Lipinski definition) is 1. The van der Waals surface area contributed by atoms with Crippen molar-refractivity contribution in [1.29, 1.82) is 0 Å². The van der Waals surface area contributed by atoms with Crippen LogP contribution in [0.25, 0.3) is 0 Å². The van der Waals surface area contributed by atoms with Crippen molar-refractivity contribution in [2.75, 3.05) is 0 Å². The Hall–Kier alpha value is -0.110. The standard InChI is InChI=1S/C7H16FN/c1-3-4-6(2)5-7(8)9/h6-7H,3-5,9H2,1-2H3. The van der Waals surface area contributed by atoms with E-state index in [1.165, 1.54) is 0 Å². The Labute approximate surface area is 56.4 Å². The summed E-state index contributed by atoms with van der Waals surface area (Å²) >= 11 is 0. The highest BCUT2D eigenvalue weighted by molar-refractivity contribution is 4.55. The zero-order chi connectivity index (χ0) is 7.28. The lowest BCUT2D eigenvalue weighted by atomic mass is 10.0. The Balaban J connectivity index is 3.15. The zero-order valence-corrected chi connectivity index (χ0v) is 6.23. The van der Waals surface area contributed by atoms with Crippen LogP contribution in [0.3, 0.4) is 0 Å². The van der Waals surface area contributed by atoms with Gasteiger partial charge in [0.25, 0.3) is 0 Å². The van der Waals surface area contributed by atoms with Crippen LogP contribution in [0.5, 0.6) is 0 Å². The van der Waals surface area contributed by atoms with E-state index in [-0.39, 0.29) is 0 Å². The first-order valence-corrected chi connectivity index (χ1v) is 3.56. The van der Waals surface area contributed by atoms with Gasteiger partial charge in [0.05, 0.1) is 0 Å². The highest BCUT2D eigenvalue weighted by Crippen LogP contribution is 2.11. The van der Waals surface area contributed by atoms with E-state index in [1.54, 1.807) is 0 Å². The van der Waals surface area contributed by atoms with Crippen LogP contribution in [0.4, 0.5) is 4.39 Å². The van der Waals surface area contributed by atoms with Gasteiger partial charge < -0.3 is 5.73 Å². The van der Waals surface area contributed by atoms with E-state index in [4.69, 9.17) is 5.73 Å². The van der Waals surface area contributed by atoms with E-state index in [9.17, 15) is 4.39 Å². The number of hydrogen-bond donors (Lipinski definition) is 1. The molecule has 1 nitrogen and oxygen atoms in total. The fraction of sp³-hybridized carbons (Fsp3) is 1.00. The first kappa shape index (κ1) is 8.89. The van der Waals surface area contributed by atoms with Crippen LogP contribution >= 0.6 is 0 Å². The first-order chi connectivity index (χ1) is 4.16. The van der Waals surface area contributed by atoms with Crippen molar-refractivity contribution in [3.05, 3.63) is 0 Å². The summed E-state index contributed by atoms with van der Waals surface area (Å²) < 4.78 is 12.1. The Morgan fingerprint density at radius 2 is 2.11 bits per heavy atom. The summed E-state index contributed by atoms with van der Waals surface area (Å²) in [5.41, 5.74) is 4.96. The van der Waals surface area contributed by atoms with E-state index in [1.807, 2.05) is 6.92 Å². The summed E-state index contributed by atoms with van der Waals surface area (Å²) in [5.74, 6) is 0.440. The average molecular weight is 133 g/mol. The van der Waals surface area contributed by atoms with Crippen LogP contribution in [0, 0.1) is 5.92 Å². The molecule has 2 N–H and O–H groups in total. The van der Waals surface area contributed by atoms with Crippen molar-refractivity contribution in [2.24, 2.45) is 11.7 Å². The largest absolute Gasteiger partial charge is 0.302 e. The van der Waals surface area contributed by atoms with Gasteiger partial charge in [0.2, 0.25) is 0 Å². The average Bonchev–Trinajstić information content (AvgIpc) is 1.63. The highest BCUT2D eigenvalue weighted by Gasteiger charge is 2.05. The van der Waals surface area contributed by atoms with Gasteiger partial charge in [-0.25, -0.2) is 4.39 Å². The van der Waals surface area contributed by atoms with Crippen LogP contribution in [-0.4, -0.2) is 6.30 Å². The maximum Gasteiger partial charge on any atom is 0.148 e. The molecule has 0 bridgehead atoms. The fourth-order valence-corrected chi connectivity index (χ4v) is 0.995. The second kappa shape index (κ2) is 4.74. The molecule has 0 radical (unpaired) electrons. The van der Waals surface area contributed by atoms with Gasteiger partial charge in [-0.3, -0.25) is 0 Å². The van der Waals surface area contributed by atoms with E-state index in [0.717, 1.165) is 12.8 Å². The van der Waals surface area contributed by atoms with Gasteiger partial charge in [0.1, 0.15) is 6.30 Å². The maximum absolute atomic E-state index is 12.1. The van der Waals surface area contributed by atoms with E-state index >= 15 is 0 Å². The zero-order valence-electron chi connectivity index (χ0n) is 6.23. The highest BCUT2D eigenvalue weighted by atomic mass is 19.1. The molecule has 0 saturated heterocycles. The number of halogens is 1. The molecule has 0 aliphatic carbocycles. The van der Waals surface area contributed by atoms with Gasteiger partial charge in [-0.2, -0.15) is 0 Å². The lowest BCUT2D eigenvalue weighted by Gasteiger charge is -2.09. The molecule has 0 aromatic rings. The molecule has 0 aromatic carbocycles. The Bertz CT molecular complexity index is 63.9. The van der Waals surface area contributed by atoms with Crippen LogP contribution in [-0.2, 0) is 0 Å². The van der Waals surface area contributed by atoms with Crippen molar-refractivity contribution in [3.8, 4) is 0 Å². The topological polar surface area (TPSA) is 26.0 Å². The molecule has 0 aromatic heterocycles. The molecule has 2 unspecified atom stereocenters. The van der Waals surface area contributed by atoms with Gasteiger partial charge in [0, 0.05) is 0 Å². The van der Waals surface area contributed by atoms with Crippen molar-refractivity contribution >= 4 is 0 Å². The van der Waals surface area contributed by atoms with Crippen LogP contribution in [0.15, 0.2) is 0 Å². The third-order valence-corrected chi connectivity index (χ3v) is 1.41. The summed E-state index contributed by atoms with van der Waals surface area (Å²) in [7, 11) is 0. The van der Waals surface area contributed by atoms with Crippen LogP contribution in [0.1, 0.15) is 33.1 Å². The summed E-state index contributed by atoms with van der Waals surface area (Å²) in [4.78, 5) is 0. The third kappa shape index (κ3) is 5.77. The van der Waals surface area contributed by atoms with Crippen molar-refractivity contribution in [3.63, 3.8) is 0 Å². The molecule has 0 saturated carbocycles. The second-order valence-electron chi connectivity index (χ2n) is 2.65. The lowest BCUT2D eigenvalue weighted by molar-refractivity contribution is 0.276. The van der Waals surface area contributed by atoms with E-state index in [0.29, 0.717) is 12.3 Å². The molecule has 0 heterocycles. The SMILES string of the molecule is CCCC(C)CC(N)F. The minimum absolute atomic E-state index is 0.440. The number of rotatable bonds is 4. The molecule has 0 fully saturated rings. The molecule has 0 amide bonds. The smallest absolute Gasteiger partial charge is 0.148 e. The first-order valence-electron chi connectivity index (χ1n) is 3.56. The lowest BCUT2D eigenvalue weighted by Crippen LogP contribution is -2.16. The molecule has 9 heavy (non-hydrogen) atoms. The minimum atomic E-state index is -1.12. The summed E-state index contributed by atoms with van der Waals surface area (Å²) in [6, 6.07) is 0. The predicted octanol–water partition coefficient (Wildman–Crippen LogP) is 2.07. The summed E-state index contributed by atoms with van der Waals surface area (Å²) in [6.07, 6.45) is 1.59. The predicted molar refractivity (Wildman–Crippen MR) is 37.8 cm³/mol. The normalized spacial score (nSPS) is 17.3. The number of alkyl halides is 1. The maximum atomic E-state index is 12.1. The quantitative estimate of drug-likeness (QED) is 0.584. The molecule has 0 aliphatic heterocycles. The van der Waals surface area contributed by atoms with Gasteiger partial charge in [-0.05, 0) is 12.3 Å². The monoisotopic (exact) mass is 133 g/mol. The molecular weight excluding hydrogens is 117 g/mol.